The van der Waals surface area contributed by atoms with Gasteiger partial charge in [0.15, 0.2) is 0 Å². The molecular weight excluding hydrogens is 370 g/mol. The summed E-state index contributed by atoms with van der Waals surface area (Å²) in [5.41, 5.74) is 0. The number of furan rings is 1. The van der Waals surface area contributed by atoms with Gasteiger partial charge in [-0.25, -0.2) is 4.79 Å². The minimum absolute atomic E-state index is 0.0774. The first-order chi connectivity index (χ1) is 11.0. The fraction of sp³-hybridized carbons (Fsp3) is 0.133. The van der Waals surface area contributed by atoms with Gasteiger partial charge in [-0.15, -0.1) is 0 Å². The molecule has 0 unspecified atom stereocenters. The van der Waals surface area contributed by atoms with Crippen LogP contribution in [0.2, 0.25) is 0 Å². The molecule has 0 saturated carbocycles. The summed E-state index contributed by atoms with van der Waals surface area (Å²) in [7, 11) is 0. The van der Waals surface area contributed by atoms with Crippen LogP contribution in [0.5, 0.6) is 5.75 Å². The largest absolute Gasteiger partial charge is 0.490 e. The number of hydrogen-bond acceptors (Lipinski definition) is 6. The summed E-state index contributed by atoms with van der Waals surface area (Å²) in [6.07, 6.45) is 2.42. The average molecular weight is 382 g/mol. The third-order valence-corrected chi connectivity index (χ3v) is 3.06. The summed E-state index contributed by atoms with van der Waals surface area (Å²) >= 11 is 3.32. The van der Waals surface area contributed by atoms with Crippen molar-refractivity contribution in [3.63, 3.8) is 0 Å². The van der Waals surface area contributed by atoms with Crippen molar-refractivity contribution in [3.8, 4) is 5.75 Å². The summed E-state index contributed by atoms with van der Waals surface area (Å²) in [5.74, 6) is -0.129. The van der Waals surface area contributed by atoms with Crippen LogP contribution in [0.4, 0.5) is 5.88 Å². The molecule has 0 amide bonds. The van der Waals surface area contributed by atoms with E-state index in [9.17, 15) is 14.9 Å². The predicted molar refractivity (Wildman–Crippen MR) is 85.0 cm³/mol. The lowest BCUT2D eigenvalue weighted by Gasteiger charge is -2.06. The molecule has 1 heterocycles. The summed E-state index contributed by atoms with van der Waals surface area (Å²) in [4.78, 5) is 21.3. The SMILES string of the molecule is O=C(/C=C/c1ccc([N+](=O)[O-])o1)OCCOc1cccc(Br)c1. The molecule has 23 heavy (non-hydrogen) atoms. The molecule has 0 aliphatic heterocycles. The van der Waals surface area contributed by atoms with Crippen molar-refractivity contribution in [3.05, 3.63) is 62.8 Å². The van der Waals surface area contributed by atoms with Crippen molar-refractivity contribution in [2.45, 2.75) is 0 Å². The average Bonchev–Trinajstić information content (AvgIpc) is 2.99. The Morgan fingerprint density at radius 2 is 2.13 bits per heavy atom. The third kappa shape index (κ3) is 5.59. The molecular formula is C15H12BrNO6. The van der Waals surface area contributed by atoms with Crippen LogP contribution in [0.1, 0.15) is 5.76 Å². The van der Waals surface area contributed by atoms with E-state index in [1.54, 1.807) is 12.1 Å². The molecule has 0 atom stereocenters. The van der Waals surface area contributed by atoms with Gasteiger partial charge in [-0.2, -0.15) is 0 Å². The van der Waals surface area contributed by atoms with Crippen molar-refractivity contribution in [1.29, 1.82) is 0 Å². The van der Waals surface area contributed by atoms with Crippen LogP contribution in [0.3, 0.4) is 0 Å². The predicted octanol–water partition coefficient (Wildman–Crippen LogP) is 3.59. The molecule has 2 aromatic rings. The van der Waals surface area contributed by atoms with Crippen molar-refractivity contribution in [2.75, 3.05) is 13.2 Å². The molecule has 1 aromatic heterocycles. The van der Waals surface area contributed by atoms with Gasteiger partial charge in [0.25, 0.3) is 0 Å². The smallest absolute Gasteiger partial charge is 0.433 e. The van der Waals surface area contributed by atoms with Gasteiger partial charge in [-0.1, -0.05) is 22.0 Å². The fourth-order valence-corrected chi connectivity index (χ4v) is 1.96. The van der Waals surface area contributed by atoms with Crippen LogP contribution in [0.25, 0.3) is 6.08 Å². The van der Waals surface area contributed by atoms with Crippen LogP contribution in [-0.4, -0.2) is 24.1 Å². The van der Waals surface area contributed by atoms with Crippen molar-refractivity contribution in [1.82, 2.24) is 0 Å². The lowest BCUT2D eigenvalue weighted by Crippen LogP contribution is -2.10. The van der Waals surface area contributed by atoms with Gasteiger partial charge in [0.1, 0.15) is 29.6 Å². The minimum Gasteiger partial charge on any atom is -0.490 e. The monoisotopic (exact) mass is 381 g/mol. The lowest BCUT2D eigenvalue weighted by atomic mass is 10.3. The first kappa shape index (κ1) is 16.8. The van der Waals surface area contributed by atoms with E-state index < -0.39 is 10.9 Å². The summed E-state index contributed by atoms with van der Waals surface area (Å²) in [6, 6.07) is 9.88. The number of halogens is 1. The summed E-state index contributed by atoms with van der Waals surface area (Å²) in [6.45, 7) is 0.288. The number of nitro groups is 1. The quantitative estimate of drug-likeness (QED) is 0.239. The highest BCUT2D eigenvalue weighted by Gasteiger charge is 2.10. The van der Waals surface area contributed by atoms with Crippen LogP contribution in [0, 0.1) is 10.1 Å². The number of hydrogen-bond donors (Lipinski definition) is 0. The Labute approximate surface area is 139 Å². The van der Waals surface area contributed by atoms with Gasteiger partial charge in [-0.05, 0) is 30.3 Å². The Morgan fingerprint density at radius 1 is 1.30 bits per heavy atom. The van der Waals surface area contributed by atoms with Crippen molar-refractivity contribution >= 4 is 33.9 Å². The molecule has 1 aromatic carbocycles. The Morgan fingerprint density at radius 3 is 2.83 bits per heavy atom. The van der Waals surface area contributed by atoms with Gasteiger partial charge < -0.3 is 13.9 Å². The highest BCUT2D eigenvalue weighted by atomic mass is 79.9. The third-order valence-electron chi connectivity index (χ3n) is 2.57. The second-order valence-corrected chi connectivity index (χ2v) is 5.16. The first-order valence-electron chi connectivity index (χ1n) is 6.52. The molecule has 0 saturated heterocycles. The maximum absolute atomic E-state index is 11.5. The molecule has 0 spiro atoms. The van der Waals surface area contributed by atoms with E-state index in [4.69, 9.17) is 13.9 Å². The van der Waals surface area contributed by atoms with Gasteiger partial charge in [-0.3, -0.25) is 10.1 Å². The second kappa shape index (κ2) is 8.14. The normalized spacial score (nSPS) is 10.7. The van der Waals surface area contributed by atoms with E-state index in [-0.39, 0.29) is 24.9 Å². The summed E-state index contributed by atoms with van der Waals surface area (Å²) in [5, 5.41) is 10.4. The lowest BCUT2D eigenvalue weighted by molar-refractivity contribution is -0.402. The zero-order chi connectivity index (χ0) is 16.7. The van der Waals surface area contributed by atoms with Crippen LogP contribution in [-0.2, 0) is 9.53 Å². The van der Waals surface area contributed by atoms with Crippen LogP contribution < -0.4 is 4.74 Å². The van der Waals surface area contributed by atoms with Crippen molar-refractivity contribution in [2.24, 2.45) is 0 Å². The highest BCUT2D eigenvalue weighted by molar-refractivity contribution is 9.10. The standard InChI is InChI=1S/C15H12BrNO6/c16-11-2-1-3-13(10-11)21-8-9-22-15(18)7-5-12-4-6-14(23-12)17(19)20/h1-7,10H,8-9H2/b7-5+. The number of carbonyl (C=O) groups is 1. The molecule has 0 fully saturated rings. The van der Waals surface area contributed by atoms with E-state index in [0.29, 0.717) is 5.75 Å². The van der Waals surface area contributed by atoms with Crippen LogP contribution in [0.15, 0.2) is 51.4 Å². The molecule has 2 rings (SSSR count). The number of esters is 1. The molecule has 7 nitrogen and oxygen atoms in total. The summed E-state index contributed by atoms with van der Waals surface area (Å²) < 4.78 is 16.1. The maximum Gasteiger partial charge on any atom is 0.433 e. The molecule has 0 aliphatic rings. The number of ether oxygens (including phenoxy) is 2. The zero-order valence-corrected chi connectivity index (χ0v) is 13.4. The zero-order valence-electron chi connectivity index (χ0n) is 11.8. The van der Waals surface area contributed by atoms with Gasteiger partial charge in [0, 0.05) is 10.5 Å². The molecule has 0 bridgehead atoms. The van der Waals surface area contributed by atoms with Crippen LogP contribution >= 0.6 is 15.9 Å². The van der Waals surface area contributed by atoms with E-state index >= 15 is 0 Å². The molecule has 120 valence electrons. The Kier molecular flexibility index (Phi) is 5.93. The van der Waals surface area contributed by atoms with E-state index in [2.05, 4.69) is 15.9 Å². The Balaban J connectivity index is 1.72. The van der Waals surface area contributed by atoms with Gasteiger partial charge >= 0.3 is 11.9 Å². The second-order valence-electron chi connectivity index (χ2n) is 4.24. The number of carbonyl (C=O) groups excluding carboxylic acids is 1. The first-order valence-corrected chi connectivity index (χ1v) is 7.31. The van der Waals surface area contributed by atoms with E-state index in [1.165, 1.54) is 18.2 Å². The molecule has 0 aliphatic carbocycles. The van der Waals surface area contributed by atoms with E-state index in [1.807, 2.05) is 12.1 Å². The number of benzene rings is 1. The fourth-order valence-electron chi connectivity index (χ4n) is 1.59. The number of nitrogens with zero attached hydrogens (tertiary/aromatic N) is 1. The topological polar surface area (TPSA) is 91.8 Å². The molecule has 0 radical (unpaired) electrons. The minimum atomic E-state index is -0.658. The maximum atomic E-state index is 11.5. The van der Waals surface area contributed by atoms with Gasteiger partial charge in [0.2, 0.25) is 0 Å². The van der Waals surface area contributed by atoms with Crippen molar-refractivity contribution < 1.29 is 23.6 Å². The molecule has 0 N–H and O–H groups in total. The number of rotatable bonds is 7. The van der Waals surface area contributed by atoms with Gasteiger partial charge in [0.05, 0.1) is 6.07 Å². The van der Waals surface area contributed by atoms with E-state index in [0.717, 1.165) is 10.5 Å². The Hall–Kier alpha value is -2.61. The molecule has 8 heteroatoms. The highest BCUT2D eigenvalue weighted by Crippen LogP contribution is 2.18. The Bertz CT molecular complexity index is 724.